The van der Waals surface area contributed by atoms with Gasteiger partial charge in [-0.3, -0.25) is 4.90 Å². The summed E-state index contributed by atoms with van der Waals surface area (Å²) in [5.74, 6) is 1.66. The fraction of sp³-hybridized carbons (Fsp3) is 0.667. The van der Waals surface area contributed by atoms with Gasteiger partial charge in [0.15, 0.2) is 5.82 Å². The average Bonchev–Trinajstić information content (AvgIpc) is 2.42. The summed E-state index contributed by atoms with van der Waals surface area (Å²) < 4.78 is 5.13. The Hall–Kier alpha value is -1.71. The predicted octanol–water partition coefficient (Wildman–Crippen LogP) is 1.35. The maximum atomic E-state index is 8.93. The number of anilines is 1. The topological polar surface area (TPSA) is 65.3 Å². The van der Waals surface area contributed by atoms with Gasteiger partial charge in [-0.25, -0.2) is 9.97 Å². The number of nitrogens with zero attached hydrogens (tertiary/aromatic N) is 5. The van der Waals surface area contributed by atoms with Gasteiger partial charge in [0.1, 0.15) is 12.4 Å². The number of nitriles is 1. The van der Waals surface area contributed by atoms with Crippen LogP contribution in [0.15, 0.2) is 6.07 Å². The Morgan fingerprint density at radius 3 is 2.57 bits per heavy atom. The quantitative estimate of drug-likeness (QED) is 0.780. The molecule has 1 saturated heterocycles. The van der Waals surface area contributed by atoms with Gasteiger partial charge in [-0.1, -0.05) is 0 Å². The Morgan fingerprint density at radius 1 is 1.33 bits per heavy atom. The summed E-state index contributed by atoms with van der Waals surface area (Å²) in [7, 11) is 1.65. The zero-order valence-electron chi connectivity index (χ0n) is 13.2. The van der Waals surface area contributed by atoms with Crippen LogP contribution in [-0.2, 0) is 11.3 Å². The molecule has 114 valence electrons. The highest BCUT2D eigenvalue weighted by molar-refractivity contribution is 5.41. The van der Waals surface area contributed by atoms with Crippen LogP contribution >= 0.6 is 0 Å². The van der Waals surface area contributed by atoms with E-state index in [2.05, 4.69) is 39.7 Å². The second kappa shape index (κ2) is 6.83. The predicted molar refractivity (Wildman–Crippen MR) is 80.9 cm³/mol. The Balaban J connectivity index is 2.18. The minimum absolute atomic E-state index is 0.328. The van der Waals surface area contributed by atoms with E-state index >= 15 is 0 Å². The summed E-state index contributed by atoms with van der Waals surface area (Å²) in [5.41, 5.74) is 0.951. The van der Waals surface area contributed by atoms with Crippen molar-refractivity contribution in [3.8, 4) is 6.07 Å². The molecule has 6 heteroatoms. The zero-order chi connectivity index (χ0) is 15.4. The van der Waals surface area contributed by atoms with Crippen molar-refractivity contribution in [3.63, 3.8) is 0 Å². The number of hydrogen-bond acceptors (Lipinski definition) is 6. The van der Waals surface area contributed by atoms with Gasteiger partial charge in [0.2, 0.25) is 0 Å². The van der Waals surface area contributed by atoms with E-state index in [4.69, 9.17) is 10.00 Å². The van der Waals surface area contributed by atoms with Gasteiger partial charge in [0.25, 0.3) is 0 Å². The van der Waals surface area contributed by atoms with E-state index in [1.165, 1.54) is 0 Å². The molecule has 6 nitrogen and oxygen atoms in total. The molecule has 0 aliphatic carbocycles. The van der Waals surface area contributed by atoms with Crippen molar-refractivity contribution < 1.29 is 4.74 Å². The van der Waals surface area contributed by atoms with Crippen LogP contribution in [0.4, 0.5) is 5.82 Å². The molecule has 1 aliphatic rings. The number of aromatic nitrogens is 2. The van der Waals surface area contributed by atoms with Gasteiger partial charge >= 0.3 is 0 Å². The van der Waals surface area contributed by atoms with Gasteiger partial charge in [-0.2, -0.15) is 5.26 Å². The average molecular weight is 289 g/mol. The van der Waals surface area contributed by atoms with E-state index in [0.29, 0.717) is 31.1 Å². The van der Waals surface area contributed by atoms with Crippen molar-refractivity contribution in [2.45, 2.75) is 39.5 Å². The number of piperazine rings is 1. The van der Waals surface area contributed by atoms with Gasteiger partial charge < -0.3 is 9.64 Å². The standard InChI is InChI=1S/C15H23N5O/c1-11-7-15(18-14(17-11)10-21-4)19-8-12(2)20(6-5-16)13(3)9-19/h7,12-13H,6,8-10H2,1-4H3. The first kappa shape index (κ1) is 15.7. The minimum Gasteiger partial charge on any atom is -0.377 e. The third-order valence-corrected chi connectivity index (χ3v) is 3.84. The molecule has 0 spiro atoms. The second-order valence-electron chi connectivity index (χ2n) is 5.65. The lowest BCUT2D eigenvalue weighted by molar-refractivity contribution is 0.150. The monoisotopic (exact) mass is 289 g/mol. The molecule has 1 aliphatic heterocycles. The molecule has 2 unspecified atom stereocenters. The molecule has 1 fully saturated rings. The minimum atomic E-state index is 0.328. The van der Waals surface area contributed by atoms with Crippen molar-refractivity contribution in [1.29, 1.82) is 5.26 Å². The SMILES string of the molecule is COCc1nc(C)cc(N2CC(C)N(CC#N)C(C)C2)n1. The highest BCUT2D eigenvalue weighted by Gasteiger charge is 2.30. The molecule has 0 saturated carbocycles. The lowest BCUT2D eigenvalue weighted by Gasteiger charge is -2.43. The van der Waals surface area contributed by atoms with Crippen LogP contribution in [0, 0.1) is 18.3 Å². The van der Waals surface area contributed by atoms with E-state index in [1.807, 2.05) is 13.0 Å². The molecule has 1 aromatic heterocycles. The van der Waals surface area contributed by atoms with Gasteiger partial charge in [-0.15, -0.1) is 0 Å². The van der Waals surface area contributed by atoms with E-state index in [0.717, 1.165) is 24.6 Å². The molecule has 0 bridgehead atoms. The summed E-state index contributed by atoms with van der Waals surface area (Å²) in [6.45, 7) is 8.93. The molecule has 21 heavy (non-hydrogen) atoms. The molecule has 2 rings (SSSR count). The van der Waals surface area contributed by atoms with Crippen LogP contribution in [-0.4, -0.2) is 53.7 Å². The normalized spacial score (nSPS) is 23.1. The maximum Gasteiger partial charge on any atom is 0.156 e. The Bertz CT molecular complexity index is 515. The number of rotatable bonds is 4. The highest BCUT2D eigenvalue weighted by atomic mass is 16.5. The van der Waals surface area contributed by atoms with Crippen molar-refractivity contribution in [2.24, 2.45) is 0 Å². The number of aryl methyl sites for hydroxylation is 1. The third kappa shape index (κ3) is 3.69. The van der Waals surface area contributed by atoms with E-state index in [1.54, 1.807) is 7.11 Å². The van der Waals surface area contributed by atoms with Crippen molar-refractivity contribution in [3.05, 3.63) is 17.6 Å². The fourth-order valence-electron chi connectivity index (χ4n) is 2.90. The fourth-order valence-corrected chi connectivity index (χ4v) is 2.90. The van der Waals surface area contributed by atoms with Crippen LogP contribution in [0.25, 0.3) is 0 Å². The Kier molecular flexibility index (Phi) is 5.10. The van der Waals surface area contributed by atoms with Crippen molar-refractivity contribution in [1.82, 2.24) is 14.9 Å². The van der Waals surface area contributed by atoms with Crippen LogP contribution in [0.1, 0.15) is 25.4 Å². The van der Waals surface area contributed by atoms with E-state index < -0.39 is 0 Å². The van der Waals surface area contributed by atoms with Gasteiger partial charge in [0, 0.05) is 44.0 Å². The molecular weight excluding hydrogens is 266 g/mol. The summed E-state index contributed by atoms with van der Waals surface area (Å²) in [6, 6.07) is 4.92. The molecule has 2 heterocycles. The molecule has 0 amide bonds. The molecular formula is C15H23N5O. The van der Waals surface area contributed by atoms with Crippen LogP contribution < -0.4 is 4.90 Å². The molecule has 0 radical (unpaired) electrons. The lowest BCUT2D eigenvalue weighted by Crippen LogP contribution is -2.57. The van der Waals surface area contributed by atoms with Crippen molar-refractivity contribution >= 4 is 5.82 Å². The Labute approximate surface area is 126 Å². The first-order valence-electron chi connectivity index (χ1n) is 7.26. The first-order chi connectivity index (χ1) is 10.0. The van der Waals surface area contributed by atoms with Gasteiger partial charge in [0.05, 0.1) is 12.6 Å². The largest absolute Gasteiger partial charge is 0.377 e. The molecule has 1 aromatic rings. The first-order valence-corrected chi connectivity index (χ1v) is 7.26. The number of methoxy groups -OCH3 is 1. The highest BCUT2D eigenvalue weighted by Crippen LogP contribution is 2.21. The summed E-state index contributed by atoms with van der Waals surface area (Å²) >= 11 is 0. The third-order valence-electron chi connectivity index (χ3n) is 3.84. The van der Waals surface area contributed by atoms with Crippen LogP contribution in [0.2, 0.25) is 0 Å². The smallest absolute Gasteiger partial charge is 0.156 e. The van der Waals surface area contributed by atoms with Crippen LogP contribution in [0.5, 0.6) is 0 Å². The van der Waals surface area contributed by atoms with Gasteiger partial charge in [-0.05, 0) is 20.8 Å². The van der Waals surface area contributed by atoms with Crippen molar-refractivity contribution in [2.75, 3.05) is 31.6 Å². The Morgan fingerprint density at radius 2 is 2.00 bits per heavy atom. The molecule has 0 aromatic carbocycles. The van der Waals surface area contributed by atoms with E-state index in [-0.39, 0.29) is 0 Å². The number of hydrogen-bond donors (Lipinski definition) is 0. The van der Waals surface area contributed by atoms with E-state index in [9.17, 15) is 0 Å². The summed E-state index contributed by atoms with van der Waals surface area (Å²) in [4.78, 5) is 13.5. The molecule has 2 atom stereocenters. The second-order valence-corrected chi connectivity index (χ2v) is 5.65. The maximum absolute atomic E-state index is 8.93. The summed E-state index contributed by atoms with van der Waals surface area (Å²) in [5, 5.41) is 8.93. The lowest BCUT2D eigenvalue weighted by atomic mass is 10.1. The van der Waals surface area contributed by atoms with Crippen LogP contribution in [0.3, 0.4) is 0 Å². The zero-order valence-corrected chi connectivity index (χ0v) is 13.2. The molecule has 0 N–H and O–H groups in total. The number of ether oxygens (including phenoxy) is 1. The summed E-state index contributed by atoms with van der Waals surface area (Å²) in [6.07, 6.45) is 0.